The van der Waals surface area contributed by atoms with Crippen molar-refractivity contribution in [2.45, 2.75) is 25.0 Å². The molecule has 2 aliphatic heterocycles. The van der Waals surface area contributed by atoms with Crippen LogP contribution in [0.1, 0.15) is 12.8 Å². The zero-order valence-electron chi connectivity index (χ0n) is 8.45. The van der Waals surface area contributed by atoms with E-state index in [4.69, 9.17) is 0 Å². The fourth-order valence-corrected chi connectivity index (χ4v) is 3.30. The van der Waals surface area contributed by atoms with E-state index in [2.05, 4.69) is 6.58 Å². The maximum atomic E-state index is 13.1. The fraction of sp³-hybridized carbons (Fsp3) is 0.778. The molecule has 2 aliphatic rings. The second-order valence-electron chi connectivity index (χ2n) is 4.64. The first-order chi connectivity index (χ1) is 6.92. The molecule has 86 valence electrons. The zero-order chi connectivity index (χ0) is 11.3. The van der Waals surface area contributed by atoms with Gasteiger partial charge in [0, 0.05) is 13.0 Å². The minimum absolute atomic E-state index is 0.134. The molecule has 2 fully saturated rings. The molecule has 0 aromatic carbocycles. The molecule has 0 aromatic heterocycles. The van der Waals surface area contributed by atoms with Gasteiger partial charge in [-0.05, 0) is 6.42 Å². The average molecular weight is 221 g/mol. The third-order valence-corrected chi connectivity index (χ3v) is 4.01. The van der Waals surface area contributed by atoms with Crippen LogP contribution in [-0.2, 0) is 0 Å². The first-order valence-corrected chi connectivity index (χ1v) is 5.29. The molecular formula is C9H15BF3NO. The maximum Gasteiger partial charge on any atom is 0.733 e. The van der Waals surface area contributed by atoms with Crippen molar-refractivity contribution in [2.75, 3.05) is 13.1 Å². The Morgan fingerprint density at radius 2 is 2.07 bits per heavy atom. The van der Waals surface area contributed by atoms with E-state index in [0.29, 0.717) is 12.8 Å². The first-order valence-electron chi connectivity index (χ1n) is 5.29. The summed E-state index contributed by atoms with van der Waals surface area (Å²) >= 11 is 0. The highest BCUT2D eigenvalue weighted by Crippen LogP contribution is 2.46. The van der Waals surface area contributed by atoms with E-state index in [1.165, 1.54) is 6.08 Å². The zero-order valence-corrected chi connectivity index (χ0v) is 8.45. The summed E-state index contributed by atoms with van der Waals surface area (Å²) in [6, 6.07) is -0.488. The second-order valence-corrected chi connectivity index (χ2v) is 4.64. The van der Waals surface area contributed by atoms with E-state index in [0.717, 1.165) is 0 Å². The first kappa shape index (κ1) is 11.0. The van der Waals surface area contributed by atoms with E-state index < -0.39 is 29.6 Å². The van der Waals surface area contributed by atoms with Gasteiger partial charge in [-0.25, -0.2) is 0 Å². The molecule has 0 saturated carbocycles. The van der Waals surface area contributed by atoms with Gasteiger partial charge in [0.25, 0.3) is 0 Å². The number of fused-ring (bicyclic) bond motifs is 1. The van der Waals surface area contributed by atoms with Crippen molar-refractivity contribution < 1.29 is 22.4 Å². The summed E-state index contributed by atoms with van der Waals surface area (Å²) in [5.74, 6) is -0.393. The molecule has 2 rings (SSSR count). The minimum Gasteiger partial charge on any atom is -0.417 e. The topological polar surface area (TPSA) is 20.2 Å². The normalized spacial score (nSPS) is 45.5. The summed E-state index contributed by atoms with van der Waals surface area (Å²) in [5, 5.41) is 9.65. The van der Waals surface area contributed by atoms with Gasteiger partial charge in [0.05, 0.1) is 18.5 Å². The van der Waals surface area contributed by atoms with Crippen LogP contribution in [0.3, 0.4) is 0 Å². The lowest BCUT2D eigenvalue weighted by Crippen LogP contribution is -2.62. The third-order valence-electron chi connectivity index (χ3n) is 4.01. The average Bonchev–Trinajstić information content (AvgIpc) is 2.59. The largest absolute Gasteiger partial charge is 0.733 e. The van der Waals surface area contributed by atoms with Crippen LogP contribution in [0.4, 0.5) is 12.9 Å². The van der Waals surface area contributed by atoms with Crippen LogP contribution in [0.2, 0.25) is 0 Å². The van der Waals surface area contributed by atoms with Gasteiger partial charge < -0.3 is 22.4 Å². The Bertz CT molecular complexity index is 283. The number of aliphatic hydroxyl groups excluding tert-OH is 1. The van der Waals surface area contributed by atoms with Crippen molar-refractivity contribution in [3.63, 3.8) is 0 Å². The van der Waals surface area contributed by atoms with E-state index in [1.54, 1.807) is 0 Å². The summed E-state index contributed by atoms with van der Waals surface area (Å²) in [6.45, 7) is 3.50. The van der Waals surface area contributed by atoms with Gasteiger partial charge in [-0.15, -0.1) is 6.58 Å². The maximum absolute atomic E-state index is 13.1. The van der Waals surface area contributed by atoms with E-state index in [1.807, 2.05) is 0 Å². The highest BCUT2D eigenvalue weighted by Gasteiger charge is 2.64. The monoisotopic (exact) mass is 221 g/mol. The van der Waals surface area contributed by atoms with Gasteiger partial charge in [-0.3, -0.25) is 0 Å². The van der Waals surface area contributed by atoms with Crippen molar-refractivity contribution in [3.8, 4) is 0 Å². The van der Waals surface area contributed by atoms with Gasteiger partial charge in [0.15, 0.2) is 0 Å². The van der Waals surface area contributed by atoms with E-state index in [9.17, 15) is 18.1 Å². The molecule has 4 atom stereocenters. The number of rotatable bonds is 2. The lowest BCUT2D eigenvalue weighted by molar-refractivity contribution is -0.852. The van der Waals surface area contributed by atoms with Crippen LogP contribution in [0, 0.1) is 5.92 Å². The molecule has 0 aliphatic carbocycles. The summed E-state index contributed by atoms with van der Waals surface area (Å²) in [4.78, 5) is 0. The number of nitrogens with zero attached hydrogens (tertiary/aromatic N) is 1. The molecule has 2 saturated heterocycles. The number of aliphatic hydroxyl groups is 1. The fourth-order valence-electron chi connectivity index (χ4n) is 3.30. The smallest absolute Gasteiger partial charge is 0.417 e. The van der Waals surface area contributed by atoms with Crippen LogP contribution < -0.4 is 0 Å². The molecule has 2 nitrogen and oxygen atoms in total. The Labute approximate surface area is 87.0 Å². The van der Waals surface area contributed by atoms with Gasteiger partial charge in [-0.1, -0.05) is 6.08 Å². The summed E-state index contributed by atoms with van der Waals surface area (Å²) in [6.07, 6.45) is 1.76. The SMILES string of the molecule is C=C[C@@H]1[C@H](O)C[N+]2([B-](F)(F)F)CCC[C@@H]12. The van der Waals surface area contributed by atoms with Gasteiger partial charge in [0.1, 0.15) is 6.10 Å². The predicted molar refractivity (Wildman–Crippen MR) is 51.8 cm³/mol. The van der Waals surface area contributed by atoms with Gasteiger partial charge in [0.2, 0.25) is 0 Å². The molecule has 1 unspecified atom stereocenters. The lowest BCUT2D eigenvalue weighted by Gasteiger charge is -2.44. The summed E-state index contributed by atoms with van der Waals surface area (Å²) in [5.41, 5.74) is 0. The van der Waals surface area contributed by atoms with Gasteiger partial charge in [-0.2, -0.15) is 0 Å². The standard InChI is InChI=1S/C9H15BF3NO/c1-2-7-8-4-3-5-14(8,6-9(7)15)10(11,12)13/h2,7-9,15H,1,3-6H2/t7-,8-,9+,14?/m0/s1. The number of hydrogen-bond donors (Lipinski definition) is 1. The second kappa shape index (κ2) is 3.25. The Morgan fingerprint density at radius 1 is 1.40 bits per heavy atom. The van der Waals surface area contributed by atoms with Crippen LogP contribution >= 0.6 is 0 Å². The van der Waals surface area contributed by atoms with Crippen LogP contribution in [-0.4, -0.2) is 41.8 Å². The van der Waals surface area contributed by atoms with Crippen LogP contribution in [0.25, 0.3) is 0 Å². The molecule has 0 aromatic rings. The Hall–Kier alpha value is -0.485. The van der Waals surface area contributed by atoms with Crippen molar-refractivity contribution >= 4 is 7.11 Å². The molecule has 0 bridgehead atoms. The minimum atomic E-state index is -4.92. The van der Waals surface area contributed by atoms with Crippen LogP contribution in [0.5, 0.6) is 0 Å². The van der Waals surface area contributed by atoms with Crippen molar-refractivity contribution in [2.24, 2.45) is 5.92 Å². The highest BCUT2D eigenvalue weighted by molar-refractivity contribution is 6.50. The van der Waals surface area contributed by atoms with Crippen molar-refractivity contribution in [1.29, 1.82) is 0 Å². The molecule has 2 heterocycles. The van der Waals surface area contributed by atoms with E-state index >= 15 is 0 Å². The predicted octanol–water partition coefficient (Wildman–Crippen LogP) is 1.49. The molecule has 1 N–H and O–H groups in total. The third kappa shape index (κ3) is 1.34. The summed E-state index contributed by atoms with van der Waals surface area (Å²) in [7, 11) is -4.92. The van der Waals surface area contributed by atoms with Gasteiger partial charge >= 0.3 is 7.11 Å². The Morgan fingerprint density at radius 3 is 2.60 bits per heavy atom. The number of halogens is 3. The quantitative estimate of drug-likeness (QED) is 0.553. The molecule has 0 amide bonds. The highest BCUT2D eigenvalue weighted by atomic mass is 19.4. The Kier molecular flexibility index (Phi) is 2.39. The summed E-state index contributed by atoms with van der Waals surface area (Å²) < 4.78 is 38.4. The Balaban J connectivity index is 2.36. The van der Waals surface area contributed by atoms with Crippen LogP contribution in [0.15, 0.2) is 12.7 Å². The molecule has 0 spiro atoms. The van der Waals surface area contributed by atoms with Crippen molar-refractivity contribution in [1.82, 2.24) is 0 Å². The molecule has 0 radical (unpaired) electrons. The van der Waals surface area contributed by atoms with Crippen molar-refractivity contribution in [3.05, 3.63) is 12.7 Å². The lowest BCUT2D eigenvalue weighted by atomic mass is 9.93. The number of hydrogen-bond acceptors (Lipinski definition) is 1. The molecule has 6 heteroatoms. The molecule has 15 heavy (non-hydrogen) atoms. The van der Waals surface area contributed by atoms with E-state index in [-0.39, 0.29) is 13.1 Å². The molecular weight excluding hydrogens is 206 g/mol. The number of quaternary nitrogens is 1.